The third-order valence-electron chi connectivity index (χ3n) is 1.21. The van der Waals surface area contributed by atoms with Crippen LogP contribution in [-0.2, 0) is 4.79 Å². The average molecular weight is 147 g/mol. The lowest BCUT2D eigenvalue weighted by atomic mass is 10.2. The number of hydrogen-bond donors (Lipinski definition) is 0. The first-order chi connectivity index (χ1) is 4.16. The molecular formula is C7H11ClO. The van der Waals surface area contributed by atoms with E-state index in [0.717, 1.165) is 6.42 Å². The zero-order valence-electron chi connectivity index (χ0n) is 5.78. The molecule has 0 aliphatic carbocycles. The van der Waals surface area contributed by atoms with Crippen molar-refractivity contribution < 1.29 is 4.79 Å². The highest BCUT2D eigenvalue weighted by Crippen LogP contribution is 2.04. The van der Waals surface area contributed by atoms with Crippen LogP contribution in [0.15, 0.2) is 11.6 Å². The number of rotatable bonds is 3. The van der Waals surface area contributed by atoms with Crippen molar-refractivity contribution in [3.63, 3.8) is 0 Å². The van der Waals surface area contributed by atoms with Crippen LogP contribution in [-0.4, -0.2) is 5.24 Å². The molecule has 0 aromatic rings. The van der Waals surface area contributed by atoms with Gasteiger partial charge in [-0.15, -0.1) is 0 Å². The molecule has 0 aromatic heterocycles. The number of allylic oxidation sites excluding steroid dienone is 2. The molecule has 0 aromatic carbocycles. The molecule has 0 rings (SSSR count). The van der Waals surface area contributed by atoms with Gasteiger partial charge in [0.05, 0.1) is 0 Å². The normalized spacial score (nSPS) is 11.7. The highest BCUT2D eigenvalue weighted by Gasteiger charge is 1.94. The molecule has 9 heavy (non-hydrogen) atoms. The number of carbonyl (C=O) groups is 1. The van der Waals surface area contributed by atoms with Gasteiger partial charge in [-0.2, -0.15) is 0 Å². The molecule has 0 aliphatic heterocycles. The van der Waals surface area contributed by atoms with Crippen molar-refractivity contribution in [3.05, 3.63) is 11.6 Å². The van der Waals surface area contributed by atoms with Crippen molar-refractivity contribution in [1.82, 2.24) is 0 Å². The van der Waals surface area contributed by atoms with Gasteiger partial charge in [0.15, 0.2) is 0 Å². The Labute approximate surface area is 60.7 Å². The van der Waals surface area contributed by atoms with Gasteiger partial charge in [-0.25, -0.2) is 0 Å². The summed E-state index contributed by atoms with van der Waals surface area (Å²) >= 11 is 5.11. The first-order valence-electron chi connectivity index (χ1n) is 2.97. The molecular weight excluding hydrogens is 136 g/mol. The van der Waals surface area contributed by atoms with Gasteiger partial charge in [0.2, 0.25) is 5.24 Å². The van der Waals surface area contributed by atoms with E-state index in [9.17, 15) is 4.79 Å². The molecule has 0 N–H and O–H groups in total. The summed E-state index contributed by atoms with van der Waals surface area (Å²) in [7, 11) is 0. The summed E-state index contributed by atoms with van der Waals surface area (Å²) < 4.78 is 0. The van der Waals surface area contributed by atoms with Crippen molar-refractivity contribution >= 4 is 16.8 Å². The summed E-state index contributed by atoms with van der Waals surface area (Å²) in [4.78, 5) is 10.2. The Morgan fingerprint density at radius 2 is 2.11 bits per heavy atom. The van der Waals surface area contributed by atoms with Crippen LogP contribution < -0.4 is 0 Å². The molecule has 0 radical (unpaired) electrons. The smallest absolute Gasteiger partial charge is 0.221 e. The molecule has 0 bridgehead atoms. The van der Waals surface area contributed by atoms with E-state index in [2.05, 4.69) is 0 Å². The SMILES string of the molecule is CC=C(C)CCC(=O)Cl. The maximum Gasteiger partial charge on any atom is 0.221 e. The topological polar surface area (TPSA) is 17.1 Å². The molecule has 0 spiro atoms. The highest BCUT2D eigenvalue weighted by molar-refractivity contribution is 6.63. The summed E-state index contributed by atoms with van der Waals surface area (Å²) in [5.41, 5.74) is 1.21. The predicted octanol–water partition coefficient (Wildman–Crippen LogP) is 2.50. The number of carbonyl (C=O) groups excluding carboxylic acids is 1. The number of halogens is 1. The summed E-state index contributed by atoms with van der Waals surface area (Å²) in [5.74, 6) is 0. The summed E-state index contributed by atoms with van der Waals surface area (Å²) in [6.45, 7) is 3.94. The second-order valence-corrected chi connectivity index (χ2v) is 2.41. The molecule has 0 saturated carbocycles. The van der Waals surface area contributed by atoms with Crippen LogP contribution in [0.1, 0.15) is 26.7 Å². The second-order valence-electron chi connectivity index (χ2n) is 1.99. The summed E-state index contributed by atoms with van der Waals surface area (Å²) in [5, 5.41) is -0.254. The molecule has 1 nitrogen and oxygen atoms in total. The van der Waals surface area contributed by atoms with Gasteiger partial charge in [-0.1, -0.05) is 11.6 Å². The Morgan fingerprint density at radius 1 is 1.56 bits per heavy atom. The standard InChI is InChI=1S/C7H11ClO/c1-3-6(2)4-5-7(8)9/h3H,4-5H2,1-2H3. The molecule has 52 valence electrons. The summed E-state index contributed by atoms with van der Waals surface area (Å²) in [6.07, 6.45) is 3.23. The van der Waals surface area contributed by atoms with Gasteiger partial charge in [-0.3, -0.25) is 4.79 Å². The Bertz CT molecular complexity index is 127. The van der Waals surface area contributed by atoms with Crippen molar-refractivity contribution in [2.75, 3.05) is 0 Å². The molecule has 0 unspecified atom stereocenters. The molecule has 0 amide bonds. The summed E-state index contributed by atoms with van der Waals surface area (Å²) in [6, 6.07) is 0. The van der Waals surface area contributed by atoms with E-state index in [4.69, 9.17) is 11.6 Å². The maximum absolute atomic E-state index is 10.2. The molecule has 2 heteroatoms. The third-order valence-corrected chi connectivity index (χ3v) is 1.40. The minimum absolute atomic E-state index is 0.254. The second kappa shape index (κ2) is 4.57. The van der Waals surface area contributed by atoms with E-state index in [1.54, 1.807) is 0 Å². The fourth-order valence-corrected chi connectivity index (χ4v) is 0.534. The zero-order valence-corrected chi connectivity index (χ0v) is 6.53. The molecule has 0 heterocycles. The maximum atomic E-state index is 10.2. The first-order valence-corrected chi connectivity index (χ1v) is 3.34. The van der Waals surface area contributed by atoms with Crippen LogP contribution in [0.4, 0.5) is 0 Å². The van der Waals surface area contributed by atoms with Crippen LogP contribution in [0.5, 0.6) is 0 Å². The average Bonchev–Trinajstić information content (AvgIpc) is 1.83. The highest BCUT2D eigenvalue weighted by atomic mass is 35.5. The molecule has 0 fully saturated rings. The quantitative estimate of drug-likeness (QED) is 0.442. The Morgan fingerprint density at radius 3 is 2.44 bits per heavy atom. The lowest BCUT2D eigenvalue weighted by Crippen LogP contribution is -1.85. The molecule has 0 aliphatic rings. The van der Waals surface area contributed by atoms with Crippen LogP contribution in [0.3, 0.4) is 0 Å². The third kappa shape index (κ3) is 5.57. The first kappa shape index (κ1) is 8.70. The lowest BCUT2D eigenvalue weighted by Gasteiger charge is -1.93. The zero-order chi connectivity index (χ0) is 7.28. The van der Waals surface area contributed by atoms with E-state index < -0.39 is 0 Å². The Hall–Kier alpha value is -0.300. The Balaban J connectivity index is 3.39. The van der Waals surface area contributed by atoms with E-state index in [1.807, 2.05) is 19.9 Å². The van der Waals surface area contributed by atoms with Crippen molar-refractivity contribution in [1.29, 1.82) is 0 Å². The largest absolute Gasteiger partial charge is 0.281 e. The van der Waals surface area contributed by atoms with Crippen LogP contribution >= 0.6 is 11.6 Å². The van der Waals surface area contributed by atoms with Gasteiger partial charge in [0.1, 0.15) is 0 Å². The monoisotopic (exact) mass is 146 g/mol. The van der Waals surface area contributed by atoms with Crippen LogP contribution in [0.2, 0.25) is 0 Å². The van der Waals surface area contributed by atoms with Crippen molar-refractivity contribution in [2.45, 2.75) is 26.7 Å². The van der Waals surface area contributed by atoms with Crippen LogP contribution in [0.25, 0.3) is 0 Å². The van der Waals surface area contributed by atoms with Gasteiger partial charge >= 0.3 is 0 Å². The van der Waals surface area contributed by atoms with Gasteiger partial charge in [-0.05, 0) is 31.9 Å². The van der Waals surface area contributed by atoms with E-state index >= 15 is 0 Å². The predicted molar refractivity (Wildman–Crippen MR) is 39.5 cm³/mol. The van der Waals surface area contributed by atoms with Crippen molar-refractivity contribution in [2.24, 2.45) is 0 Å². The van der Waals surface area contributed by atoms with E-state index in [1.165, 1.54) is 5.57 Å². The van der Waals surface area contributed by atoms with E-state index in [0.29, 0.717) is 6.42 Å². The van der Waals surface area contributed by atoms with Gasteiger partial charge in [0, 0.05) is 6.42 Å². The fourth-order valence-electron chi connectivity index (χ4n) is 0.440. The van der Waals surface area contributed by atoms with Gasteiger partial charge in [0.25, 0.3) is 0 Å². The molecule has 0 atom stereocenters. The number of hydrogen-bond acceptors (Lipinski definition) is 1. The molecule has 0 saturated heterocycles. The lowest BCUT2D eigenvalue weighted by molar-refractivity contribution is -0.111. The fraction of sp³-hybridized carbons (Fsp3) is 0.571. The Kier molecular flexibility index (Phi) is 4.41. The minimum atomic E-state index is -0.254. The van der Waals surface area contributed by atoms with Gasteiger partial charge < -0.3 is 0 Å². The minimum Gasteiger partial charge on any atom is -0.281 e. The van der Waals surface area contributed by atoms with E-state index in [-0.39, 0.29) is 5.24 Å². The van der Waals surface area contributed by atoms with Crippen molar-refractivity contribution in [3.8, 4) is 0 Å². The van der Waals surface area contributed by atoms with Crippen LogP contribution in [0, 0.1) is 0 Å².